The summed E-state index contributed by atoms with van der Waals surface area (Å²) in [6, 6.07) is 7.92. The fourth-order valence-corrected chi connectivity index (χ4v) is 2.24. The standard InChI is InChI=1S/C14H17N3O2/c1-2-17-11(9-15)8-12(16-17)10-3-4-13-14(7-10)19-6-5-18-13/h3-4,7-8H,2,5-6,9,15H2,1H3. The largest absolute Gasteiger partial charge is 0.486 e. The van der Waals surface area contributed by atoms with Crippen molar-refractivity contribution in [1.29, 1.82) is 0 Å². The minimum Gasteiger partial charge on any atom is -0.486 e. The normalized spacial score (nSPS) is 13.6. The van der Waals surface area contributed by atoms with E-state index < -0.39 is 0 Å². The molecule has 1 aromatic carbocycles. The van der Waals surface area contributed by atoms with Crippen LogP contribution < -0.4 is 15.2 Å². The van der Waals surface area contributed by atoms with Crippen LogP contribution in [0.3, 0.4) is 0 Å². The van der Waals surface area contributed by atoms with Gasteiger partial charge < -0.3 is 15.2 Å². The number of rotatable bonds is 3. The van der Waals surface area contributed by atoms with Crippen LogP contribution in [0.4, 0.5) is 0 Å². The fourth-order valence-electron chi connectivity index (χ4n) is 2.24. The molecule has 1 aliphatic rings. The van der Waals surface area contributed by atoms with E-state index >= 15 is 0 Å². The van der Waals surface area contributed by atoms with Crippen LogP contribution in [0.25, 0.3) is 11.3 Å². The van der Waals surface area contributed by atoms with Gasteiger partial charge in [0.1, 0.15) is 13.2 Å². The molecule has 0 radical (unpaired) electrons. The number of aromatic nitrogens is 2. The van der Waals surface area contributed by atoms with Crippen LogP contribution in [0.5, 0.6) is 11.5 Å². The number of aryl methyl sites for hydroxylation is 1. The molecule has 0 saturated carbocycles. The van der Waals surface area contributed by atoms with E-state index in [1.54, 1.807) is 0 Å². The summed E-state index contributed by atoms with van der Waals surface area (Å²) in [7, 11) is 0. The highest BCUT2D eigenvalue weighted by molar-refractivity contribution is 5.64. The topological polar surface area (TPSA) is 62.3 Å². The molecule has 2 heterocycles. The highest BCUT2D eigenvalue weighted by Crippen LogP contribution is 2.34. The van der Waals surface area contributed by atoms with E-state index in [0.717, 1.165) is 35.0 Å². The van der Waals surface area contributed by atoms with E-state index in [1.165, 1.54) is 0 Å². The van der Waals surface area contributed by atoms with Gasteiger partial charge in [0.05, 0.1) is 11.4 Å². The third-order valence-electron chi connectivity index (χ3n) is 3.21. The summed E-state index contributed by atoms with van der Waals surface area (Å²) in [4.78, 5) is 0. The molecule has 2 aromatic rings. The van der Waals surface area contributed by atoms with E-state index in [0.29, 0.717) is 19.8 Å². The van der Waals surface area contributed by atoms with Gasteiger partial charge in [-0.3, -0.25) is 4.68 Å². The molecule has 0 aliphatic carbocycles. The van der Waals surface area contributed by atoms with Crippen LogP contribution in [-0.4, -0.2) is 23.0 Å². The average Bonchev–Trinajstić information content (AvgIpc) is 2.90. The Balaban J connectivity index is 1.99. The molecule has 5 nitrogen and oxygen atoms in total. The van der Waals surface area contributed by atoms with Crippen molar-refractivity contribution in [1.82, 2.24) is 9.78 Å². The zero-order chi connectivity index (χ0) is 13.2. The lowest BCUT2D eigenvalue weighted by Crippen LogP contribution is -2.15. The number of nitrogens with zero attached hydrogens (tertiary/aromatic N) is 2. The van der Waals surface area contributed by atoms with E-state index in [1.807, 2.05) is 28.9 Å². The molecule has 0 bridgehead atoms. The van der Waals surface area contributed by atoms with Crippen LogP contribution in [0.1, 0.15) is 12.6 Å². The zero-order valence-corrected chi connectivity index (χ0v) is 10.9. The molecule has 0 amide bonds. The summed E-state index contributed by atoms with van der Waals surface area (Å²) < 4.78 is 13.0. The van der Waals surface area contributed by atoms with Crippen molar-refractivity contribution in [3.8, 4) is 22.8 Å². The second kappa shape index (κ2) is 4.93. The number of hydrogen-bond acceptors (Lipinski definition) is 4. The van der Waals surface area contributed by atoms with Crippen LogP contribution in [-0.2, 0) is 13.1 Å². The van der Waals surface area contributed by atoms with Crippen molar-refractivity contribution in [2.24, 2.45) is 5.73 Å². The van der Waals surface area contributed by atoms with Crippen molar-refractivity contribution in [3.63, 3.8) is 0 Å². The first-order chi connectivity index (χ1) is 9.31. The van der Waals surface area contributed by atoms with Crippen LogP contribution >= 0.6 is 0 Å². The number of nitrogens with two attached hydrogens (primary N) is 1. The summed E-state index contributed by atoms with van der Waals surface area (Å²) in [5.74, 6) is 1.58. The molecular weight excluding hydrogens is 242 g/mol. The van der Waals surface area contributed by atoms with Gasteiger partial charge in [0, 0.05) is 18.7 Å². The summed E-state index contributed by atoms with van der Waals surface area (Å²) >= 11 is 0. The Labute approximate surface area is 111 Å². The van der Waals surface area contributed by atoms with Crippen LogP contribution in [0, 0.1) is 0 Å². The van der Waals surface area contributed by atoms with Crippen molar-refractivity contribution in [2.75, 3.05) is 13.2 Å². The molecule has 5 heteroatoms. The molecule has 2 N–H and O–H groups in total. The quantitative estimate of drug-likeness (QED) is 0.913. The average molecular weight is 259 g/mol. The first-order valence-corrected chi connectivity index (χ1v) is 6.48. The number of benzene rings is 1. The summed E-state index contributed by atoms with van der Waals surface area (Å²) in [6.45, 7) is 4.56. The Bertz CT molecular complexity index is 571. The lowest BCUT2D eigenvalue weighted by atomic mass is 10.1. The van der Waals surface area contributed by atoms with E-state index in [4.69, 9.17) is 15.2 Å². The molecule has 0 unspecified atom stereocenters. The van der Waals surface area contributed by atoms with Gasteiger partial charge in [0.2, 0.25) is 0 Å². The van der Waals surface area contributed by atoms with Crippen LogP contribution in [0.15, 0.2) is 24.3 Å². The fraction of sp³-hybridized carbons (Fsp3) is 0.357. The summed E-state index contributed by atoms with van der Waals surface area (Å²) in [6.07, 6.45) is 0. The predicted octanol–water partition coefficient (Wildman–Crippen LogP) is 1.80. The van der Waals surface area contributed by atoms with E-state index in [9.17, 15) is 0 Å². The van der Waals surface area contributed by atoms with Crippen molar-refractivity contribution < 1.29 is 9.47 Å². The third kappa shape index (κ3) is 2.17. The second-order valence-electron chi connectivity index (χ2n) is 4.40. The number of ether oxygens (including phenoxy) is 2. The SMILES string of the molecule is CCn1nc(-c2ccc3c(c2)OCCO3)cc1CN. The minimum atomic E-state index is 0.491. The minimum absolute atomic E-state index is 0.491. The monoisotopic (exact) mass is 259 g/mol. The summed E-state index contributed by atoms with van der Waals surface area (Å²) in [5, 5.41) is 4.56. The van der Waals surface area contributed by atoms with Crippen molar-refractivity contribution >= 4 is 0 Å². The molecule has 1 aromatic heterocycles. The smallest absolute Gasteiger partial charge is 0.162 e. The molecule has 19 heavy (non-hydrogen) atoms. The maximum Gasteiger partial charge on any atom is 0.162 e. The Kier molecular flexibility index (Phi) is 3.13. The molecule has 0 fully saturated rings. The predicted molar refractivity (Wildman–Crippen MR) is 72.2 cm³/mol. The highest BCUT2D eigenvalue weighted by Gasteiger charge is 2.14. The van der Waals surface area contributed by atoms with Gasteiger partial charge in [0.15, 0.2) is 11.5 Å². The van der Waals surface area contributed by atoms with Gasteiger partial charge in [-0.1, -0.05) is 0 Å². The third-order valence-corrected chi connectivity index (χ3v) is 3.21. The Morgan fingerprint density at radius 1 is 1.21 bits per heavy atom. The zero-order valence-electron chi connectivity index (χ0n) is 10.9. The maximum atomic E-state index is 5.72. The van der Waals surface area contributed by atoms with Gasteiger partial charge >= 0.3 is 0 Å². The van der Waals surface area contributed by atoms with Crippen molar-refractivity contribution in [3.05, 3.63) is 30.0 Å². The maximum absolute atomic E-state index is 5.72. The second-order valence-corrected chi connectivity index (χ2v) is 4.40. The van der Waals surface area contributed by atoms with Gasteiger partial charge in [-0.15, -0.1) is 0 Å². The first kappa shape index (κ1) is 12.0. The number of fused-ring (bicyclic) bond motifs is 1. The Hall–Kier alpha value is -2.01. The van der Waals surface area contributed by atoms with Crippen molar-refractivity contribution in [2.45, 2.75) is 20.0 Å². The first-order valence-electron chi connectivity index (χ1n) is 6.48. The van der Waals surface area contributed by atoms with Gasteiger partial charge in [0.25, 0.3) is 0 Å². The molecule has 1 aliphatic heterocycles. The molecular formula is C14H17N3O2. The van der Waals surface area contributed by atoms with E-state index in [-0.39, 0.29) is 0 Å². The molecule has 0 spiro atoms. The molecule has 3 rings (SSSR count). The molecule has 0 saturated heterocycles. The molecule has 100 valence electrons. The lowest BCUT2D eigenvalue weighted by molar-refractivity contribution is 0.171. The lowest BCUT2D eigenvalue weighted by Gasteiger charge is -2.18. The highest BCUT2D eigenvalue weighted by atomic mass is 16.6. The van der Waals surface area contributed by atoms with E-state index in [2.05, 4.69) is 12.0 Å². The molecule has 0 atom stereocenters. The van der Waals surface area contributed by atoms with Gasteiger partial charge in [-0.2, -0.15) is 5.10 Å². The Morgan fingerprint density at radius 2 is 2.00 bits per heavy atom. The van der Waals surface area contributed by atoms with Gasteiger partial charge in [-0.05, 0) is 31.2 Å². The van der Waals surface area contributed by atoms with Gasteiger partial charge in [-0.25, -0.2) is 0 Å². The van der Waals surface area contributed by atoms with Crippen LogP contribution in [0.2, 0.25) is 0 Å². The number of hydrogen-bond donors (Lipinski definition) is 1. The Morgan fingerprint density at radius 3 is 2.68 bits per heavy atom. The summed E-state index contributed by atoms with van der Waals surface area (Å²) in [5.41, 5.74) is 8.69.